The van der Waals surface area contributed by atoms with E-state index in [0.29, 0.717) is 6.42 Å². The number of nitrogens with zero attached hydrogens (tertiary/aromatic N) is 1. The molecule has 0 saturated heterocycles. The van der Waals surface area contributed by atoms with Gasteiger partial charge in [0.15, 0.2) is 0 Å². The first-order valence-electron chi connectivity index (χ1n) is 5.91. The van der Waals surface area contributed by atoms with E-state index in [4.69, 9.17) is 0 Å². The van der Waals surface area contributed by atoms with E-state index in [1.807, 2.05) is 49.4 Å². The lowest BCUT2D eigenvalue weighted by Crippen LogP contribution is -2.02. The van der Waals surface area contributed by atoms with E-state index in [9.17, 15) is 5.11 Å². The summed E-state index contributed by atoms with van der Waals surface area (Å²) >= 11 is 0. The Kier molecular flexibility index (Phi) is 3.89. The number of aryl methyl sites for hydroxylation is 2. The number of aromatic nitrogens is 1. The monoisotopic (exact) mass is 227 g/mol. The Morgan fingerprint density at radius 2 is 1.88 bits per heavy atom. The Hall–Kier alpha value is -1.67. The number of benzene rings is 1. The highest BCUT2D eigenvalue weighted by molar-refractivity contribution is 5.27. The summed E-state index contributed by atoms with van der Waals surface area (Å²) in [5.74, 6) is 0. The lowest BCUT2D eigenvalue weighted by molar-refractivity contribution is 0.167. The van der Waals surface area contributed by atoms with E-state index in [0.717, 1.165) is 23.2 Å². The lowest BCUT2D eigenvalue weighted by Gasteiger charge is -2.13. The fourth-order valence-corrected chi connectivity index (χ4v) is 1.95. The zero-order chi connectivity index (χ0) is 12.1. The van der Waals surface area contributed by atoms with Gasteiger partial charge in [0, 0.05) is 11.9 Å². The Bertz CT molecular complexity index is 467. The molecule has 2 rings (SSSR count). The van der Waals surface area contributed by atoms with Gasteiger partial charge in [0.25, 0.3) is 0 Å². The maximum absolute atomic E-state index is 10.1. The molecule has 0 saturated carbocycles. The maximum atomic E-state index is 10.1. The van der Waals surface area contributed by atoms with Gasteiger partial charge in [0.2, 0.25) is 0 Å². The van der Waals surface area contributed by atoms with Crippen molar-refractivity contribution in [3.63, 3.8) is 0 Å². The summed E-state index contributed by atoms with van der Waals surface area (Å²) in [6.45, 7) is 2.03. The van der Waals surface area contributed by atoms with Crippen molar-refractivity contribution in [1.29, 1.82) is 0 Å². The third kappa shape index (κ3) is 3.14. The van der Waals surface area contributed by atoms with E-state index in [1.54, 1.807) is 6.20 Å². The molecule has 17 heavy (non-hydrogen) atoms. The number of hydrogen-bond donors (Lipinski definition) is 1. The Morgan fingerprint density at radius 3 is 2.59 bits per heavy atom. The predicted molar refractivity (Wildman–Crippen MR) is 68.7 cm³/mol. The van der Waals surface area contributed by atoms with E-state index in [2.05, 4.69) is 4.98 Å². The highest BCUT2D eigenvalue weighted by Crippen LogP contribution is 2.21. The third-order valence-electron chi connectivity index (χ3n) is 2.95. The molecule has 0 amide bonds. The first-order chi connectivity index (χ1) is 8.27. The first-order valence-corrected chi connectivity index (χ1v) is 5.91. The Labute approximate surface area is 102 Å². The third-order valence-corrected chi connectivity index (χ3v) is 2.95. The van der Waals surface area contributed by atoms with Crippen molar-refractivity contribution in [3.05, 3.63) is 65.5 Å². The summed E-state index contributed by atoms with van der Waals surface area (Å²) < 4.78 is 0. The summed E-state index contributed by atoms with van der Waals surface area (Å²) in [5.41, 5.74) is 3.18. The summed E-state index contributed by atoms with van der Waals surface area (Å²) in [7, 11) is 0. The highest BCUT2D eigenvalue weighted by atomic mass is 16.3. The van der Waals surface area contributed by atoms with Gasteiger partial charge in [-0.15, -0.1) is 0 Å². The van der Waals surface area contributed by atoms with Crippen LogP contribution in [0.25, 0.3) is 0 Å². The maximum Gasteiger partial charge on any atom is 0.0796 e. The van der Waals surface area contributed by atoms with Crippen LogP contribution in [0.15, 0.2) is 48.7 Å². The lowest BCUT2D eigenvalue weighted by atomic mass is 9.99. The normalized spacial score (nSPS) is 12.4. The molecular formula is C15H17NO. The van der Waals surface area contributed by atoms with E-state index in [-0.39, 0.29) is 0 Å². The molecule has 1 heterocycles. The minimum atomic E-state index is -0.404. The molecule has 1 aromatic carbocycles. The van der Waals surface area contributed by atoms with Gasteiger partial charge >= 0.3 is 0 Å². The first kappa shape index (κ1) is 11.8. The van der Waals surface area contributed by atoms with E-state index >= 15 is 0 Å². The van der Waals surface area contributed by atoms with Crippen molar-refractivity contribution >= 4 is 0 Å². The largest absolute Gasteiger partial charge is 0.388 e. The topological polar surface area (TPSA) is 33.1 Å². The van der Waals surface area contributed by atoms with Crippen LogP contribution in [-0.2, 0) is 6.42 Å². The van der Waals surface area contributed by atoms with Crippen molar-refractivity contribution in [2.75, 3.05) is 0 Å². The molecular weight excluding hydrogens is 210 g/mol. The standard InChI is InChI=1S/C15H17NO/c1-12-6-2-3-8-14(12)15(17)10-9-13-7-4-5-11-16-13/h2-8,11,15,17H,9-10H2,1H3. The summed E-state index contributed by atoms with van der Waals surface area (Å²) in [6.07, 6.45) is 2.89. The van der Waals surface area contributed by atoms with Gasteiger partial charge < -0.3 is 5.11 Å². The van der Waals surface area contributed by atoms with Gasteiger partial charge in [-0.25, -0.2) is 0 Å². The molecule has 0 spiro atoms. The van der Waals surface area contributed by atoms with Crippen LogP contribution in [0, 0.1) is 6.92 Å². The van der Waals surface area contributed by atoms with Gasteiger partial charge in [-0.2, -0.15) is 0 Å². The SMILES string of the molecule is Cc1ccccc1C(O)CCc1ccccn1. The highest BCUT2D eigenvalue weighted by Gasteiger charge is 2.09. The van der Waals surface area contributed by atoms with Gasteiger partial charge in [-0.1, -0.05) is 30.3 Å². The zero-order valence-corrected chi connectivity index (χ0v) is 10.0. The number of aliphatic hydroxyl groups is 1. The quantitative estimate of drug-likeness (QED) is 0.870. The van der Waals surface area contributed by atoms with Crippen LogP contribution in [0.3, 0.4) is 0 Å². The van der Waals surface area contributed by atoms with E-state index in [1.165, 1.54) is 0 Å². The van der Waals surface area contributed by atoms with Gasteiger partial charge in [-0.05, 0) is 43.0 Å². The molecule has 1 aromatic heterocycles. The van der Waals surface area contributed by atoms with Gasteiger partial charge in [-0.3, -0.25) is 4.98 Å². The fourth-order valence-electron chi connectivity index (χ4n) is 1.95. The predicted octanol–water partition coefficient (Wildman–Crippen LogP) is 3.06. The molecule has 0 bridgehead atoms. The smallest absolute Gasteiger partial charge is 0.0796 e. The summed E-state index contributed by atoms with van der Waals surface area (Å²) in [5, 5.41) is 10.1. The van der Waals surface area contributed by atoms with Crippen molar-refractivity contribution < 1.29 is 5.11 Å². The van der Waals surface area contributed by atoms with E-state index < -0.39 is 6.10 Å². The number of pyridine rings is 1. The van der Waals surface area contributed by atoms with Crippen LogP contribution < -0.4 is 0 Å². The Balaban J connectivity index is 1.99. The molecule has 1 N–H and O–H groups in total. The second-order valence-corrected chi connectivity index (χ2v) is 4.23. The molecule has 2 aromatic rings. The molecule has 0 aliphatic rings. The van der Waals surface area contributed by atoms with Crippen molar-refractivity contribution in [3.8, 4) is 0 Å². The molecule has 2 nitrogen and oxygen atoms in total. The minimum Gasteiger partial charge on any atom is -0.388 e. The summed E-state index contributed by atoms with van der Waals surface area (Å²) in [4.78, 5) is 4.26. The molecule has 0 aliphatic heterocycles. The van der Waals surface area contributed by atoms with Crippen molar-refractivity contribution in [2.24, 2.45) is 0 Å². The Morgan fingerprint density at radius 1 is 1.12 bits per heavy atom. The number of rotatable bonds is 4. The number of hydrogen-bond acceptors (Lipinski definition) is 2. The molecule has 1 atom stereocenters. The molecule has 0 aliphatic carbocycles. The van der Waals surface area contributed by atoms with Crippen LogP contribution in [0.2, 0.25) is 0 Å². The van der Waals surface area contributed by atoms with Crippen LogP contribution in [0.1, 0.15) is 29.3 Å². The number of aliphatic hydroxyl groups excluding tert-OH is 1. The van der Waals surface area contributed by atoms with Crippen molar-refractivity contribution in [1.82, 2.24) is 4.98 Å². The van der Waals surface area contributed by atoms with Crippen LogP contribution in [-0.4, -0.2) is 10.1 Å². The fraction of sp³-hybridized carbons (Fsp3) is 0.267. The second-order valence-electron chi connectivity index (χ2n) is 4.23. The minimum absolute atomic E-state index is 0.404. The van der Waals surface area contributed by atoms with Gasteiger partial charge in [0.05, 0.1) is 6.10 Å². The average molecular weight is 227 g/mol. The molecule has 1 unspecified atom stereocenters. The molecule has 0 radical (unpaired) electrons. The molecule has 88 valence electrons. The second kappa shape index (κ2) is 5.60. The van der Waals surface area contributed by atoms with Gasteiger partial charge in [0.1, 0.15) is 0 Å². The average Bonchev–Trinajstić information content (AvgIpc) is 2.38. The zero-order valence-electron chi connectivity index (χ0n) is 10.0. The summed E-state index contributed by atoms with van der Waals surface area (Å²) in [6, 6.07) is 13.8. The molecule has 0 fully saturated rings. The van der Waals surface area contributed by atoms with Crippen LogP contribution in [0.5, 0.6) is 0 Å². The van der Waals surface area contributed by atoms with Crippen LogP contribution >= 0.6 is 0 Å². The molecule has 2 heteroatoms. The van der Waals surface area contributed by atoms with Crippen molar-refractivity contribution in [2.45, 2.75) is 25.9 Å². The van der Waals surface area contributed by atoms with Crippen LogP contribution in [0.4, 0.5) is 0 Å².